The van der Waals surface area contributed by atoms with Gasteiger partial charge in [-0.15, -0.1) is 0 Å². The molecule has 1 heterocycles. The highest BCUT2D eigenvalue weighted by atomic mass is 35.5. The lowest BCUT2D eigenvalue weighted by molar-refractivity contribution is 0.423. The summed E-state index contributed by atoms with van der Waals surface area (Å²) >= 11 is 11.9. The second-order valence-electron chi connectivity index (χ2n) is 4.37. The Morgan fingerprint density at radius 1 is 1.24 bits per heavy atom. The molecule has 7 heteroatoms. The van der Waals surface area contributed by atoms with Crippen molar-refractivity contribution in [1.82, 2.24) is 9.29 Å². The first-order valence-electron chi connectivity index (χ1n) is 6.29. The van der Waals surface area contributed by atoms with E-state index in [1.165, 1.54) is 22.8 Å². The summed E-state index contributed by atoms with van der Waals surface area (Å²) in [5.74, 6) is 0. The fourth-order valence-corrected chi connectivity index (χ4v) is 3.95. The minimum Gasteiger partial charge on any atom is -0.263 e. The Morgan fingerprint density at radius 2 is 2.00 bits per heavy atom. The molecule has 21 heavy (non-hydrogen) atoms. The van der Waals surface area contributed by atoms with E-state index < -0.39 is 10.0 Å². The van der Waals surface area contributed by atoms with Crippen LogP contribution >= 0.6 is 23.2 Å². The van der Waals surface area contributed by atoms with Gasteiger partial charge in [0.05, 0.1) is 5.02 Å². The molecule has 0 atom stereocenters. The molecular formula is C14H14Cl2N2O2S. The Morgan fingerprint density at radius 3 is 2.62 bits per heavy atom. The van der Waals surface area contributed by atoms with Crippen molar-refractivity contribution in [3.63, 3.8) is 0 Å². The van der Waals surface area contributed by atoms with Gasteiger partial charge >= 0.3 is 0 Å². The number of rotatable bonds is 5. The van der Waals surface area contributed by atoms with Gasteiger partial charge in [0.15, 0.2) is 0 Å². The molecule has 0 unspecified atom stereocenters. The van der Waals surface area contributed by atoms with Crippen molar-refractivity contribution in [2.75, 3.05) is 6.54 Å². The molecule has 0 aliphatic heterocycles. The zero-order valence-corrected chi connectivity index (χ0v) is 13.7. The van der Waals surface area contributed by atoms with E-state index in [1.807, 2.05) is 6.07 Å². The Labute approximate surface area is 134 Å². The number of hydrogen-bond donors (Lipinski definition) is 0. The Balaban J connectivity index is 2.35. The lowest BCUT2D eigenvalue weighted by Crippen LogP contribution is -2.30. The van der Waals surface area contributed by atoms with E-state index in [4.69, 9.17) is 23.2 Å². The molecule has 0 fully saturated rings. The van der Waals surface area contributed by atoms with Gasteiger partial charge in [0, 0.05) is 30.5 Å². The van der Waals surface area contributed by atoms with Gasteiger partial charge in [-0.1, -0.05) is 42.3 Å². The molecule has 0 aliphatic carbocycles. The number of pyridine rings is 1. The highest BCUT2D eigenvalue weighted by Gasteiger charge is 2.25. The number of benzene rings is 1. The zero-order chi connectivity index (χ0) is 15.5. The van der Waals surface area contributed by atoms with E-state index in [9.17, 15) is 8.42 Å². The van der Waals surface area contributed by atoms with Gasteiger partial charge in [0.1, 0.15) is 4.90 Å². The van der Waals surface area contributed by atoms with Crippen molar-refractivity contribution in [3.05, 3.63) is 58.3 Å². The topological polar surface area (TPSA) is 50.3 Å². The molecule has 0 aliphatic rings. The normalized spacial score (nSPS) is 11.8. The molecule has 2 rings (SSSR count). The minimum absolute atomic E-state index is 0.00976. The maximum atomic E-state index is 12.6. The van der Waals surface area contributed by atoms with Gasteiger partial charge in [-0.05, 0) is 23.8 Å². The first-order chi connectivity index (χ1) is 9.95. The monoisotopic (exact) mass is 344 g/mol. The summed E-state index contributed by atoms with van der Waals surface area (Å²) in [7, 11) is -3.70. The molecular weight excluding hydrogens is 331 g/mol. The summed E-state index contributed by atoms with van der Waals surface area (Å²) in [6.45, 7) is 2.32. The highest BCUT2D eigenvalue weighted by Crippen LogP contribution is 2.24. The van der Waals surface area contributed by atoms with Crippen molar-refractivity contribution in [1.29, 1.82) is 0 Å². The van der Waals surface area contributed by atoms with Gasteiger partial charge in [-0.2, -0.15) is 4.31 Å². The van der Waals surface area contributed by atoms with E-state index in [-0.39, 0.29) is 16.5 Å². The van der Waals surface area contributed by atoms with Crippen molar-refractivity contribution in [2.24, 2.45) is 0 Å². The van der Waals surface area contributed by atoms with Crippen LogP contribution in [0.5, 0.6) is 0 Å². The van der Waals surface area contributed by atoms with Crippen LogP contribution in [0.2, 0.25) is 10.0 Å². The summed E-state index contributed by atoms with van der Waals surface area (Å²) in [4.78, 5) is 3.85. The standard InChI is InChI=1S/C14H14Cl2N2O2S/c1-2-18(10-11-4-3-5-12(15)8-11)21(19,20)14-9-17-7-6-13(14)16/h3-9H,2,10H2,1H3. The second-order valence-corrected chi connectivity index (χ2v) is 7.12. The molecule has 0 amide bonds. The smallest absolute Gasteiger partial charge is 0.246 e. The predicted molar refractivity (Wildman–Crippen MR) is 84.0 cm³/mol. The fourth-order valence-electron chi connectivity index (χ4n) is 1.90. The van der Waals surface area contributed by atoms with Crippen LogP contribution < -0.4 is 0 Å². The van der Waals surface area contributed by atoms with Crippen LogP contribution in [0, 0.1) is 0 Å². The molecule has 112 valence electrons. The van der Waals surface area contributed by atoms with Crippen LogP contribution in [0.4, 0.5) is 0 Å². The third-order valence-electron chi connectivity index (χ3n) is 2.95. The summed E-state index contributed by atoms with van der Waals surface area (Å²) in [5.41, 5.74) is 0.813. The Hall–Kier alpha value is -1.14. The van der Waals surface area contributed by atoms with Crippen LogP contribution in [0.3, 0.4) is 0 Å². The molecule has 0 bridgehead atoms. The van der Waals surface area contributed by atoms with Crippen LogP contribution in [0.1, 0.15) is 12.5 Å². The second kappa shape index (κ2) is 6.75. The lowest BCUT2D eigenvalue weighted by atomic mass is 10.2. The minimum atomic E-state index is -3.70. The van der Waals surface area contributed by atoms with Crippen LogP contribution in [-0.4, -0.2) is 24.3 Å². The molecule has 1 aromatic heterocycles. The predicted octanol–water partition coefficient (Wildman–Crippen LogP) is 3.60. The van der Waals surface area contributed by atoms with E-state index in [2.05, 4.69) is 4.98 Å². The van der Waals surface area contributed by atoms with Crippen molar-refractivity contribution in [3.8, 4) is 0 Å². The third-order valence-corrected chi connectivity index (χ3v) is 5.58. The number of aromatic nitrogens is 1. The summed E-state index contributed by atoms with van der Waals surface area (Å²) < 4.78 is 26.6. The molecule has 0 saturated carbocycles. The van der Waals surface area contributed by atoms with E-state index in [0.717, 1.165) is 5.56 Å². The Bertz CT molecular complexity index is 735. The van der Waals surface area contributed by atoms with E-state index >= 15 is 0 Å². The average Bonchev–Trinajstić information content (AvgIpc) is 2.45. The summed E-state index contributed by atoms with van der Waals surface area (Å²) in [6.07, 6.45) is 2.72. The van der Waals surface area contributed by atoms with E-state index in [0.29, 0.717) is 11.6 Å². The third kappa shape index (κ3) is 3.74. The van der Waals surface area contributed by atoms with Gasteiger partial charge in [-0.25, -0.2) is 8.42 Å². The SMILES string of the molecule is CCN(Cc1cccc(Cl)c1)S(=O)(=O)c1cnccc1Cl. The largest absolute Gasteiger partial charge is 0.263 e. The quantitative estimate of drug-likeness (QED) is 0.832. The molecule has 0 radical (unpaired) electrons. The Kier molecular flexibility index (Phi) is 5.22. The summed E-state index contributed by atoms with van der Waals surface area (Å²) in [5, 5.41) is 0.731. The van der Waals surface area contributed by atoms with Gasteiger partial charge in [-0.3, -0.25) is 4.98 Å². The molecule has 4 nitrogen and oxygen atoms in total. The number of halogens is 2. The highest BCUT2D eigenvalue weighted by molar-refractivity contribution is 7.89. The molecule has 0 N–H and O–H groups in total. The molecule has 1 aromatic carbocycles. The number of nitrogens with zero attached hydrogens (tertiary/aromatic N) is 2. The van der Waals surface area contributed by atoms with Crippen LogP contribution in [0.15, 0.2) is 47.6 Å². The first kappa shape index (κ1) is 16.2. The average molecular weight is 345 g/mol. The number of hydrogen-bond acceptors (Lipinski definition) is 3. The van der Waals surface area contributed by atoms with Crippen LogP contribution in [0.25, 0.3) is 0 Å². The number of sulfonamides is 1. The molecule has 0 saturated heterocycles. The van der Waals surface area contributed by atoms with Crippen molar-refractivity contribution < 1.29 is 8.42 Å². The van der Waals surface area contributed by atoms with Crippen LogP contribution in [-0.2, 0) is 16.6 Å². The van der Waals surface area contributed by atoms with Crippen molar-refractivity contribution in [2.45, 2.75) is 18.4 Å². The molecule has 0 spiro atoms. The van der Waals surface area contributed by atoms with E-state index in [1.54, 1.807) is 25.1 Å². The van der Waals surface area contributed by atoms with Gasteiger partial charge in [0.2, 0.25) is 10.0 Å². The van der Waals surface area contributed by atoms with Gasteiger partial charge < -0.3 is 0 Å². The lowest BCUT2D eigenvalue weighted by Gasteiger charge is -2.21. The van der Waals surface area contributed by atoms with Gasteiger partial charge in [0.25, 0.3) is 0 Å². The molecule has 2 aromatic rings. The maximum Gasteiger partial charge on any atom is 0.246 e. The van der Waals surface area contributed by atoms with Crippen molar-refractivity contribution >= 4 is 33.2 Å². The summed E-state index contributed by atoms with van der Waals surface area (Å²) in [6, 6.07) is 8.56. The zero-order valence-electron chi connectivity index (χ0n) is 11.3. The maximum absolute atomic E-state index is 12.6. The first-order valence-corrected chi connectivity index (χ1v) is 8.49. The fraction of sp³-hybridized carbons (Fsp3) is 0.214.